The van der Waals surface area contributed by atoms with Gasteiger partial charge in [0.15, 0.2) is 0 Å². The molecular formula is C13H19BrN2S. The number of hydrogen-bond acceptors (Lipinski definition) is 3. The first-order valence-corrected chi connectivity index (χ1v) is 7.98. The number of nitrogen functional groups attached to an aromatic ring is 1. The van der Waals surface area contributed by atoms with Crippen molar-refractivity contribution in [3.63, 3.8) is 0 Å². The zero-order valence-electron chi connectivity index (χ0n) is 10.1. The molecule has 0 radical (unpaired) electrons. The van der Waals surface area contributed by atoms with Gasteiger partial charge in [0.05, 0.1) is 0 Å². The maximum Gasteiger partial charge on any atom is 0.0488 e. The predicted octanol–water partition coefficient (Wildman–Crippen LogP) is 4.12. The number of nitrogens with one attached hydrogen (secondary N) is 1. The van der Waals surface area contributed by atoms with E-state index in [9.17, 15) is 0 Å². The Kier molecular flexibility index (Phi) is 4.62. The van der Waals surface area contributed by atoms with Crippen LogP contribution in [-0.4, -0.2) is 17.0 Å². The molecule has 0 aromatic heterocycles. The summed E-state index contributed by atoms with van der Waals surface area (Å²) < 4.78 is 1.06. The van der Waals surface area contributed by atoms with Crippen molar-refractivity contribution in [3.05, 3.63) is 22.7 Å². The van der Waals surface area contributed by atoms with Gasteiger partial charge >= 0.3 is 0 Å². The van der Waals surface area contributed by atoms with Crippen LogP contribution in [-0.2, 0) is 0 Å². The fourth-order valence-corrected chi connectivity index (χ4v) is 4.06. The van der Waals surface area contributed by atoms with Crippen molar-refractivity contribution >= 4 is 39.1 Å². The monoisotopic (exact) mass is 314 g/mol. The minimum Gasteiger partial charge on any atom is -0.399 e. The van der Waals surface area contributed by atoms with Gasteiger partial charge in [-0.05, 0) is 52.7 Å². The van der Waals surface area contributed by atoms with Crippen LogP contribution in [0.15, 0.2) is 22.7 Å². The van der Waals surface area contributed by atoms with Crippen LogP contribution in [0.3, 0.4) is 0 Å². The van der Waals surface area contributed by atoms with Crippen molar-refractivity contribution in [2.75, 3.05) is 16.8 Å². The van der Waals surface area contributed by atoms with Gasteiger partial charge in [0.2, 0.25) is 0 Å². The van der Waals surface area contributed by atoms with Crippen LogP contribution in [0.1, 0.15) is 26.2 Å². The molecule has 1 aromatic carbocycles. The number of halogens is 1. The molecule has 4 heteroatoms. The Labute approximate surface area is 116 Å². The first kappa shape index (κ1) is 13.1. The molecule has 1 aliphatic carbocycles. The van der Waals surface area contributed by atoms with Crippen LogP contribution >= 0.6 is 27.7 Å². The van der Waals surface area contributed by atoms with Crippen LogP contribution in [0.5, 0.6) is 0 Å². The number of thioether (sulfide) groups is 1. The zero-order chi connectivity index (χ0) is 12.3. The molecule has 2 rings (SSSR count). The summed E-state index contributed by atoms with van der Waals surface area (Å²) in [6.07, 6.45) is 3.94. The van der Waals surface area contributed by atoms with Gasteiger partial charge in [0.25, 0.3) is 0 Å². The molecule has 17 heavy (non-hydrogen) atoms. The predicted molar refractivity (Wildman–Crippen MR) is 81.7 cm³/mol. The number of anilines is 2. The highest BCUT2D eigenvalue weighted by Crippen LogP contribution is 2.34. The van der Waals surface area contributed by atoms with Crippen molar-refractivity contribution < 1.29 is 0 Å². The molecular weight excluding hydrogens is 296 g/mol. The molecule has 3 N–H and O–H groups in total. The van der Waals surface area contributed by atoms with Crippen molar-refractivity contribution in [2.45, 2.75) is 37.5 Å². The van der Waals surface area contributed by atoms with Crippen LogP contribution in [0.2, 0.25) is 0 Å². The van der Waals surface area contributed by atoms with Gasteiger partial charge in [-0.15, -0.1) is 0 Å². The minimum absolute atomic E-state index is 0.597. The lowest BCUT2D eigenvalue weighted by Crippen LogP contribution is -2.26. The molecule has 1 saturated carbocycles. The zero-order valence-corrected chi connectivity index (χ0v) is 12.5. The van der Waals surface area contributed by atoms with Gasteiger partial charge < -0.3 is 11.1 Å². The number of nitrogens with two attached hydrogens (primary N) is 1. The Morgan fingerprint density at radius 1 is 1.47 bits per heavy atom. The van der Waals surface area contributed by atoms with E-state index in [1.165, 1.54) is 25.0 Å². The molecule has 1 aromatic rings. The van der Waals surface area contributed by atoms with E-state index in [1.54, 1.807) is 0 Å². The van der Waals surface area contributed by atoms with Crippen LogP contribution < -0.4 is 11.1 Å². The van der Waals surface area contributed by atoms with Gasteiger partial charge in [-0.1, -0.05) is 13.3 Å². The average molecular weight is 315 g/mol. The highest BCUT2D eigenvalue weighted by Gasteiger charge is 2.27. The van der Waals surface area contributed by atoms with Crippen molar-refractivity contribution in [3.8, 4) is 0 Å². The topological polar surface area (TPSA) is 38.0 Å². The SMILES string of the molecule is CCSC1CCCC1Nc1ccc(N)cc1Br. The van der Waals surface area contributed by atoms with E-state index < -0.39 is 0 Å². The Morgan fingerprint density at radius 3 is 3.00 bits per heavy atom. The largest absolute Gasteiger partial charge is 0.399 e. The van der Waals surface area contributed by atoms with E-state index in [2.05, 4.69) is 46.0 Å². The van der Waals surface area contributed by atoms with Crippen LogP contribution in [0.25, 0.3) is 0 Å². The van der Waals surface area contributed by atoms with Gasteiger partial charge in [-0.2, -0.15) is 11.8 Å². The van der Waals surface area contributed by atoms with E-state index in [0.29, 0.717) is 6.04 Å². The van der Waals surface area contributed by atoms with Crippen molar-refractivity contribution in [1.29, 1.82) is 0 Å². The molecule has 1 aliphatic rings. The molecule has 0 amide bonds. The van der Waals surface area contributed by atoms with Gasteiger partial charge in [0.1, 0.15) is 0 Å². The fourth-order valence-electron chi connectivity index (χ4n) is 2.35. The lowest BCUT2D eigenvalue weighted by atomic mass is 10.2. The summed E-state index contributed by atoms with van der Waals surface area (Å²) >= 11 is 5.64. The van der Waals surface area contributed by atoms with E-state index in [4.69, 9.17) is 5.73 Å². The van der Waals surface area contributed by atoms with Gasteiger partial charge in [0, 0.05) is 27.1 Å². The summed E-state index contributed by atoms with van der Waals surface area (Å²) in [7, 11) is 0. The molecule has 0 spiro atoms. The second kappa shape index (κ2) is 6.01. The summed E-state index contributed by atoms with van der Waals surface area (Å²) in [6, 6.07) is 6.56. The smallest absolute Gasteiger partial charge is 0.0488 e. The lowest BCUT2D eigenvalue weighted by molar-refractivity contribution is 0.767. The standard InChI is InChI=1S/C13H19BrN2S/c1-2-17-13-5-3-4-12(13)16-11-7-6-9(15)8-10(11)14/h6-8,12-13,16H,2-5,15H2,1H3. The molecule has 94 valence electrons. The third-order valence-electron chi connectivity index (χ3n) is 3.17. The molecule has 1 fully saturated rings. The van der Waals surface area contributed by atoms with E-state index in [0.717, 1.165) is 21.1 Å². The Bertz CT molecular complexity index is 384. The van der Waals surface area contributed by atoms with E-state index in [-0.39, 0.29) is 0 Å². The number of rotatable bonds is 4. The summed E-state index contributed by atoms with van der Waals surface area (Å²) in [5, 5.41) is 4.40. The Morgan fingerprint density at radius 2 is 2.29 bits per heavy atom. The maximum absolute atomic E-state index is 5.75. The Hall–Kier alpha value is -0.350. The van der Waals surface area contributed by atoms with Crippen molar-refractivity contribution in [1.82, 2.24) is 0 Å². The van der Waals surface area contributed by atoms with Crippen LogP contribution in [0.4, 0.5) is 11.4 Å². The average Bonchev–Trinajstić information content (AvgIpc) is 2.71. The van der Waals surface area contributed by atoms with Gasteiger partial charge in [-0.3, -0.25) is 0 Å². The van der Waals surface area contributed by atoms with Crippen molar-refractivity contribution in [2.24, 2.45) is 0 Å². The third kappa shape index (κ3) is 3.32. The van der Waals surface area contributed by atoms with Crippen LogP contribution in [0, 0.1) is 0 Å². The fraction of sp³-hybridized carbons (Fsp3) is 0.538. The second-order valence-corrected chi connectivity index (χ2v) is 6.79. The first-order valence-electron chi connectivity index (χ1n) is 6.14. The first-order chi connectivity index (χ1) is 8.20. The second-order valence-electron chi connectivity index (χ2n) is 4.41. The minimum atomic E-state index is 0.597. The highest BCUT2D eigenvalue weighted by molar-refractivity contribution is 9.10. The summed E-state index contributed by atoms with van der Waals surface area (Å²) in [4.78, 5) is 0. The number of benzene rings is 1. The summed E-state index contributed by atoms with van der Waals surface area (Å²) in [6.45, 7) is 2.24. The molecule has 2 atom stereocenters. The third-order valence-corrected chi connectivity index (χ3v) is 5.15. The molecule has 0 saturated heterocycles. The normalized spacial score (nSPS) is 23.9. The molecule has 0 heterocycles. The summed E-state index contributed by atoms with van der Waals surface area (Å²) in [5.41, 5.74) is 7.71. The molecule has 2 nitrogen and oxygen atoms in total. The lowest BCUT2D eigenvalue weighted by Gasteiger charge is -2.22. The number of hydrogen-bond donors (Lipinski definition) is 2. The van der Waals surface area contributed by atoms with E-state index in [1.807, 2.05) is 12.1 Å². The summed E-state index contributed by atoms with van der Waals surface area (Å²) in [5.74, 6) is 1.20. The highest BCUT2D eigenvalue weighted by atomic mass is 79.9. The quantitative estimate of drug-likeness (QED) is 0.821. The van der Waals surface area contributed by atoms with E-state index >= 15 is 0 Å². The van der Waals surface area contributed by atoms with Gasteiger partial charge in [-0.25, -0.2) is 0 Å². The maximum atomic E-state index is 5.75. The molecule has 2 unspecified atom stereocenters. The molecule has 0 bridgehead atoms. The Balaban J connectivity index is 2.04. The molecule has 0 aliphatic heterocycles.